The second-order valence-electron chi connectivity index (χ2n) is 7.42. The summed E-state index contributed by atoms with van der Waals surface area (Å²) in [5.41, 5.74) is 0.895. The van der Waals surface area contributed by atoms with Crippen LogP contribution >= 0.6 is 0 Å². The summed E-state index contributed by atoms with van der Waals surface area (Å²) >= 11 is 0. The van der Waals surface area contributed by atoms with Gasteiger partial charge in [-0.15, -0.1) is 0 Å². The van der Waals surface area contributed by atoms with E-state index in [9.17, 15) is 14.7 Å². The van der Waals surface area contributed by atoms with Gasteiger partial charge in [0.1, 0.15) is 5.75 Å². The number of methoxy groups -OCH3 is 1. The highest BCUT2D eigenvalue weighted by Crippen LogP contribution is 2.38. The van der Waals surface area contributed by atoms with Crippen LogP contribution < -0.4 is 4.74 Å². The first-order chi connectivity index (χ1) is 12.7. The molecule has 1 aliphatic heterocycles. The van der Waals surface area contributed by atoms with Crippen LogP contribution in [0.2, 0.25) is 0 Å². The highest BCUT2D eigenvalue weighted by Gasteiger charge is 2.42. The molecule has 6 nitrogen and oxygen atoms in total. The van der Waals surface area contributed by atoms with Crippen molar-refractivity contribution in [1.82, 2.24) is 9.80 Å². The lowest BCUT2D eigenvalue weighted by Crippen LogP contribution is -2.44. The van der Waals surface area contributed by atoms with Crippen molar-refractivity contribution >= 4 is 11.7 Å². The van der Waals surface area contributed by atoms with Crippen LogP contribution in [0, 0.1) is 0 Å². The number of ether oxygens (including phenoxy) is 1. The van der Waals surface area contributed by atoms with Gasteiger partial charge in [-0.2, -0.15) is 0 Å². The van der Waals surface area contributed by atoms with Gasteiger partial charge in [0.25, 0.3) is 5.91 Å². The highest BCUT2D eigenvalue weighted by atomic mass is 16.5. The predicted molar refractivity (Wildman–Crippen MR) is 105 cm³/mol. The number of aliphatic hydroxyl groups excluding tert-OH is 1. The molecule has 6 heteroatoms. The van der Waals surface area contributed by atoms with Gasteiger partial charge in [0, 0.05) is 25.2 Å². The van der Waals surface area contributed by atoms with Gasteiger partial charge in [0.15, 0.2) is 11.5 Å². The van der Waals surface area contributed by atoms with Gasteiger partial charge < -0.3 is 14.7 Å². The van der Waals surface area contributed by atoms with Crippen LogP contribution in [0.3, 0.4) is 0 Å². The normalized spacial score (nSPS) is 17.6. The van der Waals surface area contributed by atoms with Crippen LogP contribution in [0.15, 0.2) is 35.6 Å². The molecule has 1 atom stereocenters. The summed E-state index contributed by atoms with van der Waals surface area (Å²) in [6, 6.07) is 7.32. The fraction of sp³-hybridized carbons (Fsp3) is 0.524. The van der Waals surface area contributed by atoms with E-state index in [0.29, 0.717) is 30.9 Å². The smallest absolute Gasteiger partial charge is 0.290 e. The zero-order chi connectivity index (χ0) is 20.3. The number of aliphatic hydroxyl groups is 1. The Bertz CT molecular complexity index is 731. The molecular formula is C21H30N2O4. The summed E-state index contributed by atoms with van der Waals surface area (Å²) in [7, 11) is 1.57. The van der Waals surface area contributed by atoms with Gasteiger partial charge >= 0.3 is 0 Å². The standard InChI is InChI=1S/C21H30N2O4/c1-13(2)22(14(3)4)10-11-23-19(16-8-7-9-17(12-16)27-6)18(15(5)24)20(25)21(23)26/h7-9,12-14,19,25H,10-11H2,1-6H3/t19-/m0/s1. The molecule has 1 aromatic rings. The van der Waals surface area contributed by atoms with Gasteiger partial charge in [-0.3, -0.25) is 14.5 Å². The Morgan fingerprint density at radius 3 is 2.41 bits per heavy atom. The van der Waals surface area contributed by atoms with E-state index in [1.54, 1.807) is 24.1 Å². The molecular weight excluding hydrogens is 344 g/mol. The number of carbonyl (C=O) groups excluding carboxylic acids is 2. The van der Waals surface area contributed by atoms with Crippen LogP contribution in [0.5, 0.6) is 5.75 Å². The number of benzene rings is 1. The van der Waals surface area contributed by atoms with Gasteiger partial charge in [-0.25, -0.2) is 0 Å². The molecule has 148 valence electrons. The number of Topliss-reactive ketones (excluding diaryl/α,β-unsaturated/α-hetero) is 1. The Morgan fingerprint density at radius 2 is 1.89 bits per heavy atom. The third-order valence-corrected chi connectivity index (χ3v) is 5.02. The molecule has 1 aromatic carbocycles. The van der Waals surface area contributed by atoms with Crippen molar-refractivity contribution in [2.75, 3.05) is 20.2 Å². The lowest BCUT2D eigenvalue weighted by Gasteiger charge is -2.34. The fourth-order valence-electron chi connectivity index (χ4n) is 3.74. The van der Waals surface area contributed by atoms with E-state index >= 15 is 0 Å². The fourth-order valence-corrected chi connectivity index (χ4v) is 3.74. The van der Waals surface area contributed by atoms with Crippen molar-refractivity contribution < 1.29 is 19.4 Å². The molecule has 0 fully saturated rings. The van der Waals surface area contributed by atoms with Crippen molar-refractivity contribution in [1.29, 1.82) is 0 Å². The molecule has 0 saturated carbocycles. The van der Waals surface area contributed by atoms with Crippen molar-refractivity contribution in [2.24, 2.45) is 0 Å². The SMILES string of the molecule is COc1cccc([C@H]2C(C(C)=O)=C(O)C(=O)N2CCN(C(C)C)C(C)C)c1. The third-order valence-electron chi connectivity index (χ3n) is 5.02. The first-order valence-electron chi connectivity index (χ1n) is 9.33. The topological polar surface area (TPSA) is 70.1 Å². The average Bonchev–Trinajstić information content (AvgIpc) is 2.86. The molecule has 0 saturated heterocycles. The van der Waals surface area contributed by atoms with Crippen LogP contribution in [0.4, 0.5) is 0 Å². The number of hydrogen-bond donors (Lipinski definition) is 1. The van der Waals surface area contributed by atoms with Crippen LogP contribution in [-0.2, 0) is 9.59 Å². The second-order valence-corrected chi connectivity index (χ2v) is 7.42. The van der Waals surface area contributed by atoms with E-state index in [2.05, 4.69) is 32.6 Å². The third kappa shape index (κ3) is 4.33. The lowest BCUT2D eigenvalue weighted by molar-refractivity contribution is -0.129. The zero-order valence-corrected chi connectivity index (χ0v) is 17.0. The minimum atomic E-state index is -0.605. The van der Waals surface area contributed by atoms with Crippen molar-refractivity contribution in [3.8, 4) is 5.75 Å². The van der Waals surface area contributed by atoms with Gasteiger partial charge in [-0.1, -0.05) is 12.1 Å². The number of hydrogen-bond acceptors (Lipinski definition) is 5. The first-order valence-corrected chi connectivity index (χ1v) is 9.33. The second kappa shape index (κ2) is 8.57. The van der Waals surface area contributed by atoms with Gasteiger partial charge in [0.05, 0.1) is 18.7 Å². The molecule has 0 radical (unpaired) electrons. The molecule has 1 amide bonds. The maximum Gasteiger partial charge on any atom is 0.290 e. The van der Waals surface area contributed by atoms with E-state index in [1.807, 2.05) is 12.1 Å². The van der Waals surface area contributed by atoms with Crippen LogP contribution in [0.1, 0.15) is 46.2 Å². The molecule has 0 unspecified atom stereocenters. The maximum atomic E-state index is 12.7. The number of nitrogens with zero attached hydrogens (tertiary/aromatic N) is 2. The Hall–Kier alpha value is -2.34. The summed E-state index contributed by atoms with van der Waals surface area (Å²) < 4.78 is 5.29. The lowest BCUT2D eigenvalue weighted by atomic mass is 9.96. The summed E-state index contributed by atoms with van der Waals surface area (Å²) in [5, 5.41) is 10.4. The van der Waals surface area contributed by atoms with Crippen molar-refractivity contribution in [2.45, 2.75) is 52.7 Å². The molecule has 0 bridgehead atoms. The molecule has 0 aromatic heterocycles. The summed E-state index contributed by atoms with van der Waals surface area (Å²) in [5.74, 6) is -0.614. The minimum Gasteiger partial charge on any atom is -0.503 e. The van der Waals surface area contributed by atoms with Gasteiger partial charge in [0.2, 0.25) is 0 Å². The molecule has 0 spiro atoms. The zero-order valence-electron chi connectivity index (χ0n) is 17.0. The summed E-state index contributed by atoms with van der Waals surface area (Å²) in [6.45, 7) is 10.9. The maximum absolute atomic E-state index is 12.7. The van der Waals surface area contributed by atoms with E-state index in [1.165, 1.54) is 6.92 Å². The van der Waals surface area contributed by atoms with E-state index < -0.39 is 17.7 Å². The molecule has 1 heterocycles. The number of carbonyl (C=O) groups is 2. The van der Waals surface area contributed by atoms with Crippen LogP contribution in [-0.4, -0.2) is 58.9 Å². The van der Waals surface area contributed by atoms with Crippen molar-refractivity contribution in [3.63, 3.8) is 0 Å². The van der Waals surface area contributed by atoms with E-state index in [4.69, 9.17) is 4.74 Å². The Labute approximate surface area is 161 Å². The minimum absolute atomic E-state index is 0.147. The van der Waals surface area contributed by atoms with E-state index in [0.717, 1.165) is 5.56 Å². The number of rotatable bonds is 8. The monoisotopic (exact) mass is 374 g/mol. The number of ketones is 1. The quantitative estimate of drug-likeness (QED) is 0.757. The van der Waals surface area contributed by atoms with Crippen LogP contribution in [0.25, 0.3) is 0 Å². The summed E-state index contributed by atoms with van der Waals surface area (Å²) in [6.07, 6.45) is 0. The van der Waals surface area contributed by atoms with Gasteiger partial charge in [-0.05, 0) is 52.3 Å². The molecule has 27 heavy (non-hydrogen) atoms. The first kappa shape index (κ1) is 21.0. The Balaban J connectivity index is 2.39. The largest absolute Gasteiger partial charge is 0.503 e. The Kier molecular flexibility index (Phi) is 6.65. The van der Waals surface area contributed by atoms with Crippen molar-refractivity contribution in [3.05, 3.63) is 41.2 Å². The molecule has 1 aliphatic rings. The summed E-state index contributed by atoms with van der Waals surface area (Å²) in [4.78, 5) is 28.8. The molecule has 2 rings (SSSR count). The highest BCUT2D eigenvalue weighted by molar-refractivity contribution is 6.08. The average molecular weight is 374 g/mol. The number of amides is 1. The predicted octanol–water partition coefficient (Wildman–Crippen LogP) is 3.10. The Morgan fingerprint density at radius 1 is 1.26 bits per heavy atom. The molecule has 1 N–H and O–H groups in total. The molecule has 0 aliphatic carbocycles. The van der Waals surface area contributed by atoms with E-state index in [-0.39, 0.29) is 11.4 Å².